The fourth-order valence-corrected chi connectivity index (χ4v) is 8.74. The first-order valence-corrected chi connectivity index (χ1v) is 19.9. The molecule has 276 valence electrons. The van der Waals surface area contributed by atoms with Gasteiger partial charge in [0.15, 0.2) is 18.6 Å². The quantitative estimate of drug-likeness (QED) is 0.176. The van der Waals surface area contributed by atoms with Gasteiger partial charge in [-0.2, -0.15) is 5.06 Å². The SMILES string of the molecule is CCOP(=O)(CC(=O)N1O[C@H](CC(C)C)C(=O)N2[C@@H]1CN(C1CCN(CCCOC3CCCCO3)CC1)C(=O)[C@@H]2CC(C)(C)C)OCC. The third kappa shape index (κ3) is 10.5. The molecule has 4 rings (SSSR count). The van der Waals surface area contributed by atoms with E-state index in [9.17, 15) is 18.9 Å². The Kier molecular flexibility index (Phi) is 14.3. The molecule has 0 aromatic heterocycles. The highest BCUT2D eigenvalue weighted by atomic mass is 31.2. The summed E-state index contributed by atoms with van der Waals surface area (Å²) >= 11 is 0. The molecule has 4 saturated heterocycles. The Morgan fingerprint density at radius 1 is 1.02 bits per heavy atom. The minimum atomic E-state index is -3.76. The maximum absolute atomic E-state index is 14.4. The summed E-state index contributed by atoms with van der Waals surface area (Å²) in [7, 11) is -3.76. The van der Waals surface area contributed by atoms with E-state index in [1.807, 2.05) is 18.7 Å². The predicted octanol–water partition coefficient (Wildman–Crippen LogP) is 4.64. The van der Waals surface area contributed by atoms with Crippen LogP contribution in [0.5, 0.6) is 0 Å². The van der Waals surface area contributed by atoms with E-state index in [0.717, 1.165) is 64.8 Å². The summed E-state index contributed by atoms with van der Waals surface area (Å²) in [6, 6.07) is -0.795. The van der Waals surface area contributed by atoms with Gasteiger partial charge in [0.2, 0.25) is 5.91 Å². The monoisotopic (exact) mass is 700 g/mol. The van der Waals surface area contributed by atoms with E-state index >= 15 is 0 Å². The Morgan fingerprint density at radius 3 is 2.29 bits per heavy atom. The number of nitrogens with zero attached hydrogens (tertiary/aromatic N) is 4. The molecule has 0 aromatic rings. The Morgan fingerprint density at radius 2 is 1.71 bits per heavy atom. The smallest absolute Gasteiger partial charge is 0.340 e. The van der Waals surface area contributed by atoms with Crippen molar-refractivity contribution >= 4 is 25.3 Å². The number of rotatable bonds is 15. The summed E-state index contributed by atoms with van der Waals surface area (Å²) in [5, 5.41) is 1.21. The molecule has 0 bridgehead atoms. The van der Waals surface area contributed by atoms with Gasteiger partial charge in [-0.05, 0) is 76.5 Å². The van der Waals surface area contributed by atoms with Gasteiger partial charge in [0.25, 0.3) is 11.8 Å². The minimum absolute atomic E-state index is 0.0383. The molecule has 0 radical (unpaired) electrons. The van der Waals surface area contributed by atoms with Crippen LogP contribution in [-0.4, -0.2) is 127 Å². The molecule has 4 aliphatic heterocycles. The summed E-state index contributed by atoms with van der Waals surface area (Å²) in [6.07, 6.45) is 4.11. The molecule has 4 aliphatic rings. The fourth-order valence-electron chi connectivity index (χ4n) is 7.23. The Bertz CT molecular complexity index is 1110. The molecule has 48 heavy (non-hydrogen) atoms. The van der Waals surface area contributed by atoms with Crippen molar-refractivity contribution in [3.63, 3.8) is 0 Å². The van der Waals surface area contributed by atoms with Gasteiger partial charge in [0.05, 0.1) is 26.4 Å². The third-order valence-electron chi connectivity index (χ3n) is 9.40. The fraction of sp³-hybridized carbons (Fsp3) is 0.912. The summed E-state index contributed by atoms with van der Waals surface area (Å²) in [6.45, 7) is 17.9. The number of piperazine rings is 1. The molecule has 3 amide bonds. The molecule has 4 heterocycles. The van der Waals surface area contributed by atoms with E-state index in [0.29, 0.717) is 19.4 Å². The summed E-state index contributed by atoms with van der Waals surface area (Å²) in [4.78, 5) is 54.6. The van der Waals surface area contributed by atoms with Gasteiger partial charge in [-0.3, -0.25) is 23.8 Å². The van der Waals surface area contributed by atoms with Crippen LogP contribution in [0.3, 0.4) is 0 Å². The van der Waals surface area contributed by atoms with Crippen molar-refractivity contribution in [2.24, 2.45) is 11.3 Å². The van der Waals surface area contributed by atoms with E-state index in [4.69, 9.17) is 23.4 Å². The zero-order valence-corrected chi connectivity index (χ0v) is 31.3. The third-order valence-corrected chi connectivity index (χ3v) is 11.4. The van der Waals surface area contributed by atoms with Crippen LogP contribution in [0, 0.1) is 11.3 Å². The highest BCUT2D eigenvalue weighted by Gasteiger charge is 2.55. The van der Waals surface area contributed by atoms with Gasteiger partial charge in [-0.1, -0.05) is 34.6 Å². The van der Waals surface area contributed by atoms with Crippen LogP contribution in [-0.2, 0) is 42.3 Å². The average Bonchev–Trinajstić information content (AvgIpc) is 3.02. The first-order chi connectivity index (χ1) is 22.7. The molecule has 4 atom stereocenters. The van der Waals surface area contributed by atoms with Gasteiger partial charge in [-0.25, -0.2) is 0 Å². The molecule has 0 spiro atoms. The van der Waals surface area contributed by atoms with Crippen molar-refractivity contribution in [1.82, 2.24) is 19.8 Å². The number of piperidine rings is 1. The summed E-state index contributed by atoms with van der Waals surface area (Å²) < 4.78 is 35.9. The molecular weight excluding hydrogens is 639 g/mol. The lowest BCUT2D eigenvalue weighted by Gasteiger charge is -2.55. The van der Waals surface area contributed by atoms with Crippen molar-refractivity contribution in [3.05, 3.63) is 0 Å². The Balaban J connectivity index is 1.51. The van der Waals surface area contributed by atoms with Crippen molar-refractivity contribution in [2.45, 2.75) is 130 Å². The van der Waals surface area contributed by atoms with Crippen LogP contribution in [0.4, 0.5) is 0 Å². The molecular formula is C34H61N4O9P. The van der Waals surface area contributed by atoms with E-state index in [1.54, 1.807) is 18.7 Å². The van der Waals surface area contributed by atoms with Crippen molar-refractivity contribution < 1.29 is 42.3 Å². The van der Waals surface area contributed by atoms with Gasteiger partial charge in [-0.15, -0.1) is 0 Å². The lowest BCUT2D eigenvalue weighted by Crippen LogP contribution is -2.75. The van der Waals surface area contributed by atoms with Crippen molar-refractivity contribution in [1.29, 1.82) is 0 Å². The largest absolute Gasteiger partial charge is 0.353 e. The normalized spacial score (nSPS) is 26.8. The standard InChI is InChI=1S/C34H61N4O9P/c1-8-45-48(42,46-9-2)24-30(39)38-29-23-36(26-14-17-35(18-15-26)16-12-20-44-31-13-10-11-19-43-31)32(40)27(22-34(5,6)7)37(29)33(41)28(47-38)21-25(3)4/h25-29,31H,8-24H2,1-7H3/t27-,28+,29-,31?/m0/s1. The molecule has 0 N–H and O–H groups in total. The second-order valence-electron chi connectivity index (χ2n) is 15.1. The lowest BCUT2D eigenvalue weighted by molar-refractivity contribution is -0.277. The number of hydrogen-bond acceptors (Lipinski definition) is 10. The van der Waals surface area contributed by atoms with Crippen molar-refractivity contribution in [3.8, 4) is 0 Å². The first-order valence-electron chi connectivity index (χ1n) is 18.2. The molecule has 0 aliphatic carbocycles. The zero-order valence-electron chi connectivity index (χ0n) is 30.4. The van der Waals surface area contributed by atoms with Crippen LogP contribution >= 0.6 is 7.60 Å². The molecule has 0 saturated carbocycles. The summed E-state index contributed by atoms with van der Waals surface area (Å²) in [5.41, 5.74) is -0.275. The number of hydroxylamine groups is 2. The van der Waals surface area contributed by atoms with Gasteiger partial charge in [0, 0.05) is 32.3 Å². The van der Waals surface area contributed by atoms with Crippen LogP contribution in [0.2, 0.25) is 0 Å². The topological polar surface area (TPSA) is 127 Å². The Hall–Kier alpha value is -1.60. The molecule has 1 unspecified atom stereocenters. The van der Waals surface area contributed by atoms with Gasteiger partial charge in [0.1, 0.15) is 12.2 Å². The maximum atomic E-state index is 14.4. The zero-order chi connectivity index (χ0) is 35.1. The van der Waals surface area contributed by atoms with Crippen LogP contribution in [0.1, 0.15) is 99.8 Å². The van der Waals surface area contributed by atoms with Gasteiger partial charge < -0.3 is 33.2 Å². The van der Waals surface area contributed by atoms with Crippen LogP contribution in [0.15, 0.2) is 0 Å². The number of amides is 3. The predicted molar refractivity (Wildman–Crippen MR) is 181 cm³/mol. The van der Waals surface area contributed by atoms with E-state index in [-0.39, 0.29) is 55.2 Å². The number of carbonyl (C=O) groups excluding carboxylic acids is 3. The summed E-state index contributed by atoms with van der Waals surface area (Å²) in [5.74, 6) is -0.856. The highest BCUT2D eigenvalue weighted by Crippen LogP contribution is 2.48. The number of carbonyl (C=O) groups is 3. The van der Waals surface area contributed by atoms with Crippen molar-refractivity contribution in [2.75, 3.05) is 58.8 Å². The van der Waals surface area contributed by atoms with E-state index in [1.165, 1.54) is 5.06 Å². The van der Waals surface area contributed by atoms with E-state index < -0.39 is 38.0 Å². The average molecular weight is 701 g/mol. The molecule has 13 nitrogen and oxygen atoms in total. The maximum Gasteiger partial charge on any atom is 0.340 e. The Labute approximate surface area is 287 Å². The number of likely N-dealkylation sites (tertiary alicyclic amines) is 1. The minimum Gasteiger partial charge on any atom is -0.353 e. The van der Waals surface area contributed by atoms with E-state index in [2.05, 4.69) is 25.7 Å². The second kappa shape index (κ2) is 17.6. The van der Waals surface area contributed by atoms with Gasteiger partial charge >= 0.3 is 7.60 Å². The molecule has 4 fully saturated rings. The second-order valence-corrected chi connectivity index (χ2v) is 17.2. The van der Waals surface area contributed by atoms with Crippen LogP contribution in [0.25, 0.3) is 0 Å². The highest BCUT2D eigenvalue weighted by molar-refractivity contribution is 7.54. The van der Waals surface area contributed by atoms with Crippen LogP contribution < -0.4 is 0 Å². The number of fused-ring (bicyclic) bond motifs is 1. The molecule has 0 aromatic carbocycles. The number of ether oxygens (including phenoxy) is 2. The lowest BCUT2D eigenvalue weighted by atomic mass is 9.84. The first kappa shape index (κ1) is 39.2. The molecule has 14 heteroatoms. The number of hydrogen-bond donors (Lipinski definition) is 0.